The standard InChI is InChI=1S/C5H11O.C4H9.Al.H/c1-3-5-6-4-2;1-4(2)3;;/h1,3-5H2,2H3;4H,1H2,2-3H3;;/q;;+1;-1. The maximum Gasteiger partial charge on any atom is -1.00 e. The Balaban J connectivity index is 0. The summed E-state index contributed by atoms with van der Waals surface area (Å²) >= 11 is 0.700. The van der Waals surface area contributed by atoms with Crippen LogP contribution < -0.4 is 0 Å². The number of ether oxygens (including phenoxy) is 1. The summed E-state index contributed by atoms with van der Waals surface area (Å²) in [7, 11) is 0. The van der Waals surface area contributed by atoms with Crippen LogP contribution in [-0.2, 0) is 4.74 Å². The van der Waals surface area contributed by atoms with Crippen LogP contribution in [0.5, 0.6) is 0 Å². The van der Waals surface area contributed by atoms with Crippen LogP contribution in [0.25, 0.3) is 0 Å². The van der Waals surface area contributed by atoms with Crippen LogP contribution in [-0.4, -0.2) is 28.4 Å². The van der Waals surface area contributed by atoms with Crippen LogP contribution in [0.2, 0.25) is 10.6 Å². The van der Waals surface area contributed by atoms with Gasteiger partial charge in [-0.25, -0.2) is 0 Å². The molecule has 0 bridgehead atoms. The first kappa shape index (κ1) is 11.5. The van der Waals surface area contributed by atoms with Crippen LogP contribution in [0.3, 0.4) is 0 Å². The van der Waals surface area contributed by atoms with Gasteiger partial charge in [-0.1, -0.05) is 0 Å². The average molecular weight is 172 g/mol. The van der Waals surface area contributed by atoms with Crippen molar-refractivity contribution in [3.8, 4) is 0 Å². The van der Waals surface area contributed by atoms with E-state index >= 15 is 0 Å². The first-order chi connectivity index (χ1) is 5.27. The largest absolute Gasteiger partial charge is 1.00 e. The van der Waals surface area contributed by atoms with E-state index < -0.39 is 0 Å². The molecule has 0 rings (SSSR count). The minimum atomic E-state index is 0. The molecule has 0 aromatic carbocycles. The van der Waals surface area contributed by atoms with E-state index in [1.54, 1.807) is 0 Å². The predicted molar refractivity (Wildman–Crippen MR) is 52.4 cm³/mol. The molecule has 1 nitrogen and oxygen atoms in total. The van der Waals surface area contributed by atoms with Crippen molar-refractivity contribution in [3.05, 3.63) is 0 Å². The Kier molecular flexibility index (Phi) is 8.97. The van der Waals surface area contributed by atoms with Gasteiger partial charge < -0.3 is 1.43 Å². The van der Waals surface area contributed by atoms with Crippen molar-refractivity contribution in [2.75, 3.05) is 13.2 Å². The van der Waals surface area contributed by atoms with Crippen LogP contribution in [0.4, 0.5) is 0 Å². The Morgan fingerprint density at radius 3 is 2.73 bits per heavy atom. The molecule has 0 aromatic heterocycles. The molecule has 0 amide bonds. The zero-order valence-electron chi connectivity index (χ0n) is 9.10. The van der Waals surface area contributed by atoms with Gasteiger partial charge in [0.2, 0.25) is 0 Å². The third-order valence-electron chi connectivity index (χ3n) is 1.54. The van der Waals surface area contributed by atoms with Crippen LogP contribution in [0.15, 0.2) is 0 Å². The summed E-state index contributed by atoms with van der Waals surface area (Å²) in [6.45, 7) is 8.51. The van der Waals surface area contributed by atoms with Gasteiger partial charge in [0, 0.05) is 0 Å². The Labute approximate surface area is 78.7 Å². The first-order valence-electron chi connectivity index (χ1n) is 4.66. The molecule has 0 fully saturated rings. The summed E-state index contributed by atoms with van der Waals surface area (Å²) < 4.78 is 5.25. The van der Waals surface area contributed by atoms with E-state index in [4.69, 9.17) is 4.74 Å². The van der Waals surface area contributed by atoms with E-state index in [0.717, 1.165) is 19.1 Å². The minimum Gasteiger partial charge on any atom is -1.00 e. The first-order valence-corrected chi connectivity index (χ1v) is 6.30. The number of hydrogen-bond donors (Lipinski definition) is 0. The van der Waals surface area contributed by atoms with Crippen molar-refractivity contribution in [3.63, 3.8) is 0 Å². The molecule has 66 valence electrons. The molecular weight excluding hydrogens is 151 g/mol. The molecule has 0 radical (unpaired) electrons. The Morgan fingerprint density at radius 1 is 1.45 bits per heavy atom. The van der Waals surface area contributed by atoms with Crippen molar-refractivity contribution in [1.29, 1.82) is 0 Å². The second-order valence-corrected chi connectivity index (χ2v) is 4.88. The van der Waals surface area contributed by atoms with E-state index in [0.29, 0.717) is 15.2 Å². The van der Waals surface area contributed by atoms with Gasteiger partial charge in [-0.2, -0.15) is 0 Å². The Hall–Kier alpha value is 0.492. The molecule has 0 aromatic rings. The fraction of sp³-hybridized carbons (Fsp3) is 1.00. The van der Waals surface area contributed by atoms with Crippen molar-refractivity contribution in [2.24, 2.45) is 5.92 Å². The third-order valence-corrected chi connectivity index (χ3v) is 3.63. The number of rotatable bonds is 7. The molecule has 0 saturated carbocycles. The van der Waals surface area contributed by atoms with Gasteiger partial charge >= 0.3 is 76.8 Å². The second kappa shape index (κ2) is 8.59. The van der Waals surface area contributed by atoms with E-state index in [2.05, 4.69) is 20.8 Å². The zero-order valence-corrected chi connectivity index (χ0v) is 9.25. The topological polar surface area (TPSA) is 9.23 Å². The molecule has 2 heteroatoms. The predicted octanol–water partition coefficient (Wildman–Crippen LogP) is 2.72. The molecule has 0 N–H and O–H groups in total. The smallest absolute Gasteiger partial charge is 1.00 e. The molecule has 0 aliphatic heterocycles. The SMILES string of the molecule is CCOCC[CH2][Al+][CH2]C(C)C.[H-]. The Bertz CT molecular complexity index is 78.9. The maximum atomic E-state index is 5.25. The molecule has 0 spiro atoms. The van der Waals surface area contributed by atoms with Gasteiger partial charge in [0.15, 0.2) is 0 Å². The summed E-state index contributed by atoms with van der Waals surface area (Å²) in [5.41, 5.74) is 0. The van der Waals surface area contributed by atoms with Crippen LogP contribution in [0, 0.1) is 5.92 Å². The second-order valence-electron chi connectivity index (χ2n) is 3.26. The van der Waals surface area contributed by atoms with E-state index in [-0.39, 0.29) is 1.43 Å². The van der Waals surface area contributed by atoms with Crippen molar-refractivity contribution in [1.82, 2.24) is 0 Å². The van der Waals surface area contributed by atoms with Crippen molar-refractivity contribution < 1.29 is 6.16 Å². The van der Waals surface area contributed by atoms with E-state index in [1.807, 2.05) is 0 Å². The van der Waals surface area contributed by atoms with Crippen LogP contribution in [0.1, 0.15) is 28.6 Å². The van der Waals surface area contributed by atoms with Crippen LogP contribution >= 0.6 is 0 Å². The normalized spacial score (nSPS) is 10.2. The van der Waals surface area contributed by atoms with E-state index in [9.17, 15) is 0 Å². The summed E-state index contributed by atoms with van der Waals surface area (Å²) in [5, 5.41) is 2.87. The van der Waals surface area contributed by atoms with Gasteiger partial charge in [-0.15, -0.1) is 0 Å². The fourth-order valence-electron chi connectivity index (χ4n) is 0.925. The van der Waals surface area contributed by atoms with Gasteiger partial charge in [-0.3, -0.25) is 0 Å². The molecular formula is C9H21AlO. The van der Waals surface area contributed by atoms with Gasteiger partial charge in [0.05, 0.1) is 0 Å². The monoisotopic (exact) mass is 172 g/mol. The molecule has 0 aliphatic carbocycles. The van der Waals surface area contributed by atoms with E-state index in [1.165, 1.54) is 17.0 Å². The fourth-order valence-corrected chi connectivity index (χ4v) is 2.28. The van der Waals surface area contributed by atoms with Gasteiger partial charge in [-0.05, 0) is 0 Å². The zero-order chi connectivity index (χ0) is 8.53. The molecule has 0 saturated heterocycles. The molecule has 0 heterocycles. The van der Waals surface area contributed by atoms with Gasteiger partial charge in [0.25, 0.3) is 0 Å². The molecule has 11 heavy (non-hydrogen) atoms. The maximum absolute atomic E-state index is 5.25. The molecule has 0 atom stereocenters. The van der Waals surface area contributed by atoms with Crippen molar-refractivity contribution >= 4 is 15.2 Å². The minimum absolute atomic E-state index is 0. The molecule has 0 aliphatic rings. The number of hydrogen-bond acceptors (Lipinski definition) is 1. The summed E-state index contributed by atoms with van der Waals surface area (Å²) in [6.07, 6.45) is 1.27. The summed E-state index contributed by atoms with van der Waals surface area (Å²) in [5.74, 6) is 0.900. The quantitative estimate of drug-likeness (QED) is 0.424. The Morgan fingerprint density at radius 2 is 2.18 bits per heavy atom. The van der Waals surface area contributed by atoms with Gasteiger partial charge in [0.1, 0.15) is 0 Å². The summed E-state index contributed by atoms with van der Waals surface area (Å²) in [4.78, 5) is 0. The van der Waals surface area contributed by atoms with Crippen molar-refractivity contribution in [2.45, 2.75) is 37.8 Å². The molecule has 0 unspecified atom stereocenters. The average Bonchev–Trinajstić information content (AvgIpc) is 1.96. The summed E-state index contributed by atoms with van der Waals surface area (Å²) in [6, 6.07) is 0. The third kappa shape index (κ3) is 10.5.